The molecule has 0 amide bonds. The zero-order valence-corrected chi connectivity index (χ0v) is 18.7. The molecule has 5 atom stereocenters. The fourth-order valence-corrected chi connectivity index (χ4v) is 3.28. The Morgan fingerprint density at radius 1 is 0.875 bits per heavy atom. The molecule has 12 heteroatoms. The Bertz CT molecular complexity index is 864. The minimum atomic E-state index is -1.50. The summed E-state index contributed by atoms with van der Waals surface area (Å²) < 4.78 is 26.3. The summed E-state index contributed by atoms with van der Waals surface area (Å²) in [5.41, 5.74) is 0.656. The van der Waals surface area contributed by atoms with Crippen LogP contribution in [-0.4, -0.2) is 66.7 Å². The number of esters is 4. The van der Waals surface area contributed by atoms with Gasteiger partial charge in [0, 0.05) is 26.5 Å². The van der Waals surface area contributed by atoms with E-state index in [-0.39, 0.29) is 5.11 Å². The second-order valence-corrected chi connectivity index (χ2v) is 7.10. The van der Waals surface area contributed by atoms with Crippen molar-refractivity contribution in [3.05, 3.63) is 30.3 Å². The van der Waals surface area contributed by atoms with Crippen LogP contribution in [0.15, 0.2) is 30.3 Å². The minimum Gasteiger partial charge on any atom is -0.467 e. The fraction of sp³-hybridized carbons (Fsp3) is 0.450. The highest BCUT2D eigenvalue weighted by molar-refractivity contribution is 7.80. The largest absolute Gasteiger partial charge is 0.467 e. The molecule has 174 valence electrons. The van der Waals surface area contributed by atoms with Crippen molar-refractivity contribution in [1.82, 2.24) is 5.32 Å². The van der Waals surface area contributed by atoms with E-state index in [1.54, 1.807) is 24.3 Å². The first-order valence-corrected chi connectivity index (χ1v) is 9.90. The molecule has 1 saturated heterocycles. The molecule has 1 heterocycles. The maximum Gasteiger partial charge on any atom is 0.339 e. The third-order valence-electron chi connectivity index (χ3n) is 4.18. The molecule has 1 fully saturated rings. The van der Waals surface area contributed by atoms with Crippen molar-refractivity contribution in [2.75, 3.05) is 12.4 Å². The third kappa shape index (κ3) is 6.89. The van der Waals surface area contributed by atoms with Crippen molar-refractivity contribution >= 4 is 46.9 Å². The van der Waals surface area contributed by atoms with Crippen LogP contribution in [0.2, 0.25) is 0 Å². The molecule has 0 radical (unpaired) electrons. The van der Waals surface area contributed by atoms with Crippen molar-refractivity contribution in [2.24, 2.45) is 0 Å². The number of benzene rings is 1. The Morgan fingerprint density at radius 2 is 1.41 bits per heavy atom. The summed E-state index contributed by atoms with van der Waals surface area (Å²) in [6, 6.07) is 8.92. The number of para-hydroxylation sites is 1. The van der Waals surface area contributed by atoms with E-state index in [2.05, 4.69) is 10.6 Å². The molecule has 11 nitrogen and oxygen atoms in total. The van der Waals surface area contributed by atoms with Crippen LogP contribution in [0.4, 0.5) is 5.69 Å². The first-order chi connectivity index (χ1) is 15.1. The van der Waals surface area contributed by atoms with Crippen molar-refractivity contribution in [2.45, 2.75) is 51.4 Å². The number of anilines is 1. The van der Waals surface area contributed by atoms with E-state index in [9.17, 15) is 19.2 Å². The van der Waals surface area contributed by atoms with Gasteiger partial charge >= 0.3 is 23.9 Å². The van der Waals surface area contributed by atoms with E-state index >= 15 is 0 Å². The molecule has 0 unspecified atom stereocenters. The summed E-state index contributed by atoms with van der Waals surface area (Å²) in [5, 5.41) is 5.77. The molecule has 1 aromatic rings. The van der Waals surface area contributed by atoms with Crippen molar-refractivity contribution in [1.29, 1.82) is 0 Å². The van der Waals surface area contributed by atoms with Crippen molar-refractivity contribution < 1.29 is 42.9 Å². The van der Waals surface area contributed by atoms with Gasteiger partial charge in [0.05, 0.1) is 7.11 Å². The second-order valence-electron chi connectivity index (χ2n) is 6.69. The first-order valence-electron chi connectivity index (χ1n) is 9.50. The molecule has 2 N–H and O–H groups in total. The first kappa shape index (κ1) is 25.0. The predicted octanol–water partition coefficient (Wildman–Crippen LogP) is 0.666. The second kappa shape index (κ2) is 11.4. The van der Waals surface area contributed by atoms with E-state index in [0.717, 1.165) is 27.9 Å². The lowest BCUT2D eigenvalue weighted by molar-refractivity contribution is -0.250. The Labute approximate surface area is 189 Å². The van der Waals surface area contributed by atoms with Gasteiger partial charge in [-0.3, -0.25) is 14.4 Å². The highest BCUT2D eigenvalue weighted by atomic mass is 32.1. The minimum absolute atomic E-state index is 0.0643. The number of nitrogens with one attached hydrogen (secondary N) is 2. The predicted molar refractivity (Wildman–Crippen MR) is 113 cm³/mol. The summed E-state index contributed by atoms with van der Waals surface area (Å²) >= 11 is 5.29. The molecule has 0 spiro atoms. The Morgan fingerprint density at radius 3 is 1.94 bits per heavy atom. The number of methoxy groups -OCH3 is 1. The lowest BCUT2D eigenvalue weighted by Crippen LogP contribution is -2.67. The average molecular weight is 468 g/mol. The molecule has 0 saturated carbocycles. The zero-order chi connectivity index (χ0) is 23.8. The topological polar surface area (TPSA) is 138 Å². The maximum atomic E-state index is 12.4. The highest BCUT2D eigenvalue weighted by Gasteiger charge is 2.54. The van der Waals surface area contributed by atoms with Crippen LogP contribution < -0.4 is 10.6 Å². The van der Waals surface area contributed by atoms with Crippen LogP contribution in [0.25, 0.3) is 0 Å². The van der Waals surface area contributed by atoms with Crippen LogP contribution in [0, 0.1) is 0 Å². The molecule has 0 bridgehead atoms. The monoisotopic (exact) mass is 468 g/mol. The zero-order valence-electron chi connectivity index (χ0n) is 17.9. The molecule has 1 aliphatic heterocycles. The summed E-state index contributed by atoms with van der Waals surface area (Å²) in [6.45, 7) is 3.35. The summed E-state index contributed by atoms with van der Waals surface area (Å²) in [7, 11) is 1.11. The van der Waals surface area contributed by atoms with E-state index in [1.807, 2.05) is 6.07 Å². The van der Waals surface area contributed by atoms with Gasteiger partial charge in [-0.05, 0) is 24.4 Å². The Kier molecular flexibility index (Phi) is 8.91. The Balaban J connectivity index is 2.38. The van der Waals surface area contributed by atoms with Gasteiger partial charge in [-0.25, -0.2) is 4.79 Å². The Hall–Kier alpha value is -3.25. The standard InChI is InChI=1S/C20H24N2O9S/c1-10(23)28-14-15(29-11(2)24)17(19(26)27-4)31-18(16(14)30-12(3)25)22-20(32)21-13-8-6-5-7-9-13/h5-9,14-18H,1-4H3,(H2,21,22,32)/t14-,15-,16+,17-,18+/m0/s1. The molecule has 0 aromatic heterocycles. The number of thiocarbonyl (C=S) groups is 1. The van der Waals surface area contributed by atoms with Gasteiger partial charge in [0.2, 0.25) is 0 Å². The lowest BCUT2D eigenvalue weighted by Gasteiger charge is -2.43. The maximum absolute atomic E-state index is 12.4. The van der Waals surface area contributed by atoms with Crippen molar-refractivity contribution in [3.8, 4) is 0 Å². The van der Waals surface area contributed by atoms with Crippen LogP contribution in [0.1, 0.15) is 20.8 Å². The van der Waals surface area contributed by atoms with Gasteiger partial charge < -0.3 is 34.3 Å². The molecule has 1 aliphatic rings. The smallest absolute Gasteiger partial charge is 0.339 e. The molecule has 0 aliphatic carbocycles. The normalized spacial score (nSPS) is 24.4. The molecule has 32 heavy (non-hydrogen) atoms. The van der Waals surface area contributed by atoms with E-state index in [4.69, 9.17) is 35.9 Å². The summed E-state index contributed by atoms with van der Waals surface area (Å²) in [6.07, 6.45) is -6.92. The molecule has 2 rings (SSSR count). The van der Waals surface area contributed by atoms with Gasteiger partial charge in [-0.15, -0.1) is 0 Å². The van der Waals surface area contributed by atoms with E-state index in [1.165, 1.54) is 0 Å². The quantitative estimate of drug-likeness (QED) is 0.345. The molecular formula is C20H24N2O9S. The third-order valence-corrected chi connectivity index (χ3v) is 4.40. The SMILES string of the molecule is COC(=O)[C@H]1O[C@@H](NC(=S)Nc2ccccc2)[C@H](OC(C)=O)[C@@H](OC(C)=O)[C@@H]1OC(C)=O. The van der Waals surface area contributed by atoms with Crippen LogP contribution in [0.5, 0.6) is 0 Å². The van der Waals surface area contributed by atoms with Gasteiger partial charge in [0.1, 0.15) is 0 Å². The number of hydrogen-bond donors (Lipinski definition) is 2. The van der Waals surface area contributed by atoms with Crippen LogP contribution in [-0.2, 0) is 42.9 Å². The van der Waals surface area contributed by atoms with Gasteiger partial charge in [-0.2, -0.15) is 0 Å². The summed E-state index contributed by atoms with van der Waals surface area (Å²) in [4.78, 5) is 47.6. The number of carbonyl (C=O) groups excluding carboxylic acids is 4. The number of rotatable bonds is 6. The number of carbonyl (C=O) groups is 4. The van der Waals surface area contributed by atoms with Crippen molar-refractivity contribution in [3.63, 3.8) is 0 Å². The van der Waals surface area contributed by atoms with E-state index < -0.39 is 54.5 Å². The van der Waals surface area contributed by atoms with Gasteiger partial charge in [0.25, 0.3) is 0 Å². The van der Waals surface area contributed by atoms with Gasteiger partial charge in [-0.1, -0.05) is 18.2 Å². The average Bonchev–Trinajstić information content (AvgIpc) is 2.71. The van der Waals surface area contributed by atoms with Crippen LogP contribution >= 0.6 is 12.2 Å². The lowest BCUT2D eigenvalue weighted by atomic mass is 9.97. The molecular weight excluding hydrogens is 444 g/mol. The number of ether oxygens (including phenoxy) is 5. The van der Waals surface area contributed by atoms with Crippen LogP contribution in [0.3, 0.4) is 0 Å². The summed E-state index contributed by atoms with van der Waals surface area (Å²) in [5.74, 6) is -3.18. The van der Waals surface area contributed by atoms with E-state index in [0.29, 0.717) is 5.69 Å². The highest BCUT2D eigenvalue weighted by Crippen LogP contribution is 2.28. The fourth-order valence-electron chi connectivity index (χ4n) is 3.05. The number of hydrogen-bond acceptors (Lipinski definition) is 10. The van der Waals surface area contributed by atoms with Gasteiger partial charge in [0.15, 0.2) is 35.8 Å². The molecule has 1 aromatic carbocycles.